The average molecular weight is 336 g/mol. The first-order chi connectivity index (χ1) is 11.1. The molecule has 1 aromatic heterocycles. The number of rotatable bonds is 6. The molecular formula is C16H24N4O2S. The van der Waals surface area contributed by atoms with E-state index in [-0.39, 0.29) is 24.6 Å². The lowest BCUT2D eigenvalue weighted by Gasteiger charge is -2.37. The van der Waals surface area contributed by atoms with Crippen molar-refractivity contribution in [3.8, 4) is 6.07 Å². The normalized spacial score (nSPS) is 18.7. The van der Waals surface area contributed by atoms with Gasteiger partial charge >= 0.3 is 0 Å². The number of aliphatic hydroxyl groups excluding tert-OH is 1. The van der Waals surface area contributed by atoms with Gasteiger partial charge in [-0.3, -0.25) is 14.6 Å². The van der Waals surface area contributed by atoms with Gasteiger partial charge in [0.2, 0.25) is 5.91 Å². The van der Waals surface area contributed by atoms with Crippen LogP contribution < -0.4 is 0 Å². The van der Waals surface area contributed by atoms with Crippen LogP contribution in [-0.4, -0.2) is 78.1 Å². The van der Waals surface area contributed by atoms with E-state index in [2.05, 4.69) is 11.0 Å². The van der Waals surface area contributed by atoms with Crippen LogP contribution in [0.5, 0.6) is 0 Å². The van der Waals surface area contributed by atoms with Crippen LogP contribution in [-0.2, 0) is 4.79 Å². The number of carbonyl (C=O) groups is 1. The highest BCUT2D eigenvalue weighted by Crippen LogP contribution is 2.25. The van der Waals surface area contributed by atoms with Crippen LogP contribution >= 0.6 is 11.3 Å². The van der Waals surface area contributed by atoms with Crippen molar-refractivity contribution in [1.29, 1.82) is 5.26 Å². The second kappa shape index (κ2) is 8.41. The number of aliphatic hydroxyl groups is 1. The van der Waals surface area contributed by atoms with Gasteiger partial charge < -0.3 is 10.0 Å². The van der Waals surface area contributed by atoms with Crippen molar-refractivity contribution in [2.75, 3.05) is 46.4 Å². The summed E-state index contributed by atoms with van der Waals surface area (Å²) in [5.74, 6) is 0.0806. The second-order valence-corrected chi connectivity index (χ2v) is 6.89. The number of carbonyl (C=O) groups excluding carboxylic acids is 1. The van der Waals surface area contributed by atoms with Gasteiger partial charge in [0.05, 0.1) is 19.2 Å². The molecule has 2 heterocycles. The Bertz CT molecular complexity index is 535. The summed E-state index contributed by atoms with van der Waals surface area (Å²) in [5.41, 5.74) is 0. The van der Waals surface area contributed by atoms with E-state index in [9.17, 15) is 10.1 Å². The van der Waals surface area contributed by atoms with E-state index in [1.807, 2.05) is 41.3 Å². The van der Waals surface area contributed by atoms with Crippen LogP contribution in [0.15, 0.2) is 17.5 Å². The lowest BCUT2D eigenvalue weighted by Crippen LogP contribution is -2.52. The van der Waals surface area contributed by atoms with Crippen molar-refractivity contribution in [3.05, 3.63) is 22.4 Å². The molecule has 1 aliphatic heterocycles. The monoisotopic (exact) mass is 336 g/mol. The van der Waals surface area contributed by atoms with E-state index in [0.29, 0.717) is 32.7 Å². The maximum absolute atomic E-state index is 12.3. The predicted octanol–water partition coefficient (Wildman–Crippen LogP) is 0.770. The quantitative estimate of drug-likeness (QED) is 0.831. The summed E-state index contributed by atoms with van der Waals surface area (Å²) in [4.78, 5) is 19.2. The maximum atomic E-state index is 12.3. The molecule has 2 unspecified atom stereocenters. The molecule has 0 saturated carbocycles. The highest BCUT2D eigenvalue weighted by Gasteiger charge is 2.28. The Morgan fingerprint density at radius 3 is 2.70 bits per heavy atom. The molecule has 1 aliphatic rings. The standard InChI is InChI=1S/C16H24N4O2S/c1-13(12-21)18(2)11-16(22)20-7-5-19(6-8-20)14(10-17)15-4-3-9-23-15/h3-4,9,13-14,21H,5-8,11-12H2,1-2H3. The molecule has 1 amide bonds. The summed E-state index contributed by atoms with van der Waals surface area (Å²) in [7, 11) is 1.84. The summed E-state index contributed by atoms with van der Waals surface area (Å²) >= 11 is 1.60. The summed E-state index contributed by atoms with van der Waals surface area (Å²) in [5, 5.41) is 20.6. The number of hydrogen-bond donors (Lipinski definition) is 1. The van der Waals surface area contributed by atoms with Gasteiger partial charge in [-0.15, -0.1) is 11.3 Å². The summed E-state index contributed by atoms with van der Waals surface area (Å²) in [6.45, 7) is 4.95. The highest BCUT2D eigenvalue weighted by atomic mass is 32.1. The third-order valence-corrected chi connectivity index (χ3v) is 5.29. The van der Waals surface area contributed by atoms with Crippen molar-refractivity contribution >= 4 is 17.2 Å². The summed E-state index contributed by atoms with van der Waals surface area (Å²) in [6, 6.07) is 6.07. The Labute approximate surface area is 141 Å². The maximum Gasteiger partial charge on any atom is 0.236 e. The smallest absolute Gasteiger partial charge is 0.236 e. The molecule has 0 bridgehead atoms. The van der Waals surface area contributed by atoms with Gasteiger partial charge in [-0.2, -0.15) is 5.26 Å². The fraction of sp³-hybridized carbons (Fsp3) is 0.625. The highest BCUT2D eigenvalue weighted by molar-refractivity contribution is 7.10. The van der Waals surface area contributed by atoms with Gasteiger partial charge in [-0.1, -0.05) is 6.07 Å². The molecule has 0 aromatic carbocycles. The van der Waals surface area contributed by atoms with Gasteiger partial charge in [0.25, 0.3) is 0 Å². The number of piperazine rings is 1. The minimum atomic E-state index is -0.218. The Kier molecular flexibility index (Phi) is 6.54. The van der Waals surface area contributed by atoms with Crippen LogP contribution in [0.25, 0.3) is 0 Å². The Hall–Kier alpha value is -1.46. The van der Waals surface area contributed by atoms with Gasteiger partial charge in [-0.05, 0) is 25.4 Å². The molecule has 6 nitrogen and oxygen atoms in total. The Balaban J connectivity index is 1.86. The van der Waals surface area contributed by atoms with Crippen LogP contribution in [0.3, 0.4) is 0 Å². The molecule has 7 heteroatoms. The van der Waals surface area contributed by atoms with Crippen molar-refractivity contribution in [1.82, 2.24) is 14.7 Å². The fourth-order valence-corrected chi connectivity index (χ4v) is 3.41. The molecule has 1 saturated heterocycles. The van der Waals surface area contributed by atoms with E-state index in [0.717, 1.165) is 4.88 Å². The molecular weight excluding hydrogens is 312 g/mol. The van der Waals surface area contributed by atoms with Crippen molar-refractivity contribution in [3.63, 3.8) is 0 Å². The minimum absolute atomic E-state index is 0.0259. The lowest BCUT2D eigenvalue weighted by atomic mass is 10.2. The zero-order valence-electron chi connectivity index (χ0n) is 13.7. The number of nitrogens with zero attached hydrogens (tertiary/aromatic N) is 4. The molecule has 1 aromatic rings. The third-order valence-electron chi connectivity index (χ3n) is 4.37. The molecule has 2 atom stereocenters. The predicted molar refractivity (Wildman–Crippen MR) is 90.0 cm³/mol. The van der Waals surface area contributed by atoms with Gasteiger partial charge in [-0.25, -0.2) is 0 Å². The first kappa shape index (κ1) is 17.9. The van der Waals surface area contributed by atoms with E-state index in [1.165, 1.54) is 0 Å². The molecule has 1 fully saturated rings. The fourth-order valence-electron chi connectivity index (χ4n) is 2.61. The van der Waals surface area contributed by atoms with Crippen LogP contribution in [0, 0.1) is 11.3 Å². The largest absolute Gasteiger partial charge is 0.395 e. The van der Waals surface area contributed by atoms with E-state index >= 15 is 0 Å². The van der Waals surface area contributed by atoms with Gasteiger partial charge in [0.15, 0.2) is 0 Å². The summed E-state index contributed by atoms with van der Waals surface area (Å²) < 4.78 is 0. The van der Waals surface area contributed by atoms with Gasteiger partial charge in [0.1, 0.15) is 6.04 Å². The lowest BCUT2D eigenvalue weighted by molar-refractivity contribution is -0.134. The summed E-state index contributed by atoms with van der Waals surface area (Å²) in [6.07, 6.45) is 0. The molecule has 1 N–H and O–H groups in total. The number of thiophene rings is 1. The first-order valence-corrected chi connectivity index (χ1v) is 8.70. The van der Waals surface area contributed by atoms with Crippen molar-refractivity contribution in [2.24, 2.45) is 0 Å². The minimum Gasteiger partial charge on any atom is -0.395 e. The van der Waals surface area contributed by atoms with Crippen molar-refractivity contribution in [2.45, 2.75) is 19.0 Å². The average Bonchev–Trinajstić information content (AvgIpc) is 3.09. The molecule has 0 spiro atoms. The van der Waals surface area contributed by atoms with E-state index in [1.54, 1.807) is 11.3 Å². The zero-order chi connectivity index (χ0) is 16.8. The molecule has 23 heavy (non-hydrogen) atoms. The number of likely N-dealkylation sites (N-methyl/N-ethyl adjacent to an activating group) is 1. The zero-order valence-corrected chi connectivity index (χ0v) is 14.5. The number of amides is 1. The molecule has 2 rings (SSSR count). The molecule has 126 valence electrons. The Morgan fingerprint density at radius 1 is 1.48 bits per heavy atom. The van der Waals surface area contributed by atoms with E-state index < -0.39 is 0 Å². The number of nitriles is 1. The molecule has 0 aliphatic carbocycles. The van der Waals surface area contributed by atoms with E-state index in [4.69, 9.17) is 5.11 Å². The third kappa shape index (κ3) is 4.52. The van der Waals surface area contributed by atoms with Gasteiger partial charge in [0, 0.05) is 37.1 Å². The van der Waals surface area contributed by atoms with Crippen molar-refractivity contribution < 1.29 is 9.90 Å². The number of hydrogen-bond acceptors (Lipinski definition) is 6. The Morgan fingerprint density at radius 2 is 2.17 bits per heavy atom. The molecule has 0 radical (unpaired) electrons. The van der Waals surface area contributed by atoms with Crippen LogP contribution in [0.4, 0.5) is 0 Å². The first-order valence-electron chi connectivity index (χ1n) is 7.82. The topological polar surface area (TPSA) is 70.8 Å². The van der Waals surface area contributed by atoms with Crippen LogP contribution in [0.1, 0.15) is 17.8 Å². The second-order valence-electron chi connectivity index (χ2n) is 5.91. The van der Waals surface area contributed by atoms with Crippen LogP contribution in [0.2, 0.25) is 0 Å². The SMILES string of the molecule is CC(CO)N(C)CC(=O)N1CCN(C(C#N)c2cccs2)CC1.